The maximum absolute atomic E-state index is 12.6. The number of hydrogen-bond donors (Lipinski definition) is 2. The van der Waals surface area contributed by atoms with E-state index in [4.69, 9.17) is 4.74 Å². The highest BCUT2D eigenvalue weighted by atomic mass is 16.5. The molecule has 0 saturated heterocycles. The first kappa shape index (κ1) is 18.3. The van der Waals surface area contributed by atoms with Crippen LogP contribution in [0.15, 0.2) is 36.7 Å². The molecule has 0 radical (unpaired) electrons. The summed E-state index contributed by atoms with van der Waals surface area (Å²) in [5, 5.41) is 29.6. The van der Waals surface area contributed by atoms with Crippen molar-refractivity contribution in [3.8, 4) is 11.6 Å². The average molecular weight is 405 g/mol. The Labute approximate surface area is 171 Å². The number of benzene rings is 1. The van der Waals surface area contributed by atoms with Crippen molar-refractivity contribution >= 4 is 17.4 Å². The number of anilines is 1. The third-order valence-electron chi connectivity index (χ3n) is 5.34. The Balaban J connectivity index is 1.64. The molecule has 3 aromatic heterocycles. The van der Waals surface area contributed by atoms with Crippen LogP contribution < -0.4 is 10.1 Å². The Morgan fingerprint density at radius 2 is 2.13 bits per heavy atom. The molecule has 5 rings (SSSR count). The van der Waals surface area contributed by atoms with Crippen LogP contribution >= 0.6 is 0 Å². The van der Waals surface area contributed by atoms with Crippen LogP contribution in [0.2, 0.25) is 0 Å². The summed E-state index contributed by atoms with van der Waals surface area (Å²) in [6, 6.07) is 9.18. The van der Waals surface area contributed by atoms with Gasteiger partial charge in [0.2, 0.25) is 5.91 Å². The van der Waals surface area contributed by atoms with E-state index in [9.17, 15) is 9.90 Å². The van der Waals surface area contributed by atoms with Crippen LogP contribution in [0.1, 0.15) is 34.7 Å². The van der Waals surface area contributed by atoms with Crippen molar-refractivity contribution in [2.75, 3.05) is 12.4 Å². The molecule has 152 valence electrons. The largest absolute Gasteiger partial charge is 0.496 e. The number of carbonyl (C=O) groups excluding carboxylic acids is 1. The summed E-state index contributed by atoms with van der Waals surface area (Å²) in [5.41, 5.74) is 3.93. The smallest absolute Gasteiger partial charge is 0.226 e. The molecule has 1 atom stereocenters. The van der Waals surface area contributed by atoms with Crippen LogP contribution in [0.3, 0.4) is 0 Å². The number of aryl methyl sites for hydroxylation is 1. The van der Waals surface area contributed by atoms with Crippen LogP contribution in [0, 0.1) is 6.92 Å². The number of aromatic nitrogens is 6. The first-order valence-electron chi connectivity index (χ1n) is 9.43. The minimum atomic E-state index is -0.197. The Hall–Kier alpha value is -3.79. The number of methoxy groups -OCH3 is 1. The molecule has 2 N–H and O–H groups in total. The zero-order valence-electron chi connectivity index (χ0n) is 16.4. The fourth-order valence-electron chi connectivity index (χ4n) is 3.97. The number of aliphatic hydroxyl groups excluding tert-OH is 1. The fourth-order valence-corrected chi connectivity index (χ4v) is 3.97. The van der Waals surface area contributed by atoms with Gasteiger partial charge in [0.05, 0.1) is 19.4 Å². The number of amides is 1. The summed E-state index contributed by atoms with van der Waals surface area (Å²) in [7, 11) is 1.56. The number of nitrogens with one attached hydrogen (secondary N) is 1. The lowest BCUT2D eigenvalue weighted by atomic mass is 9.85. The van der Waals surface area contributed by atoms with Crippen LogP contribution in [0.25, 0.3) is 11.5 Å². The number of nitrogens with zero attached hydrogens (tertiary/aromatic N) is 6. The van der Waals surface area contributed by atoms with Gasteiger partial charge in [0.1, 0.15) is 17.9 Å². The van der Waals surface area contributed by atoms with Gasteiger partial charge in [-0.3, -0.25) is 4.79 Å². The Kier molecular flexibility index (Phi) is 4.21. The van der Waals surface area contributed by atoms with E-state index < -0.39 is 0 Å². The summed E-state index contributed by atoms with van der Waals surface area (Å²) in [6.45, 7) is 1.76. The topological polar surface area (TPSA) is 119 Å². The predicted octanol–water partition coefficient (Wildman–Crippen LogP) is 1.59. The maximum atomic E-state index is 12.6. The number of aliphatic hydroxyl groups is 1. The molecule has 1 aliphatic heterocycles. The third-order valence-corrected chi connectivity index (χ3v) is 5.34. The van der Waals surface area contributed by atoms with Gasteiger partial charge in [-0.1, -0.05) is 6.07 Å². The molecule has 1 amide bonds. The van der Waals surface area contributed by atoms with Gasteiger partial charge in [0.15, 0.2) is 11.5 Å². The Morgan fingerprint density at radius 1 is 1.27 bits per heavy atom. The zero-order chi connectivity index (χ0) is 20.8. The van der Waals surface area contributed by atoms with Gasteiger partial charge in [-0.2, -0.15) is 14.3 Å². The molecule has 4 heterocycles. The molecular weight excluding hydrogens is 386 g/mol. The van der Waals surface area contributed by atoms with Crippen LogP contribution in [0.5, 0.6) is 5.75 Å². The first-order chi connectivity index (χ1) is 14.6. The highest BCUT2D eigenvalue weighted by Gasteiger charge is 2.33. The predicted molar refractivity (Wildman–Crippen MR) is 107 cm³/mol. The van der Waals surface area contributed by atoms with Gasteiger partial charge < -0.3 is 15.2 Å². The van der Waals surface area contributed by atoms with Crippen molar-refractivity contribution in [3.63, 3.8) is 0 Å². The minimum absolute atomic E-state index is 0.111. The van der Waals surface area contributed by atoms with E-state index in [0.29, 0.717) is 28.6 Å². The number of hydrogen-bond acceptors (Lipinski definition) is 7. The molecule has 0 unspecified atom stereocenters. The summed E-state index contributed by atoms with van der Waals surface area (Å²) in [4.78, 5) is 12.6. The van der Waals surface area contributed by atoms with Crippen molar-refractivity contribution in [1.29, 1.82) is 0 Å². The zero-order valence-corrected chi connectivity index (χ0v) is 16.4. The van der Waals surface area contributed by atoms with Gasteiger partial charge in [0.25, 0.3) is 0 Å². The lowest BCUT2D eigenvalue weighted by molar-refractivity contribution is -0.116. The molecule has 1 aliphatic rings. The lowest BCUT2D eigenvalue weighted by Gasteiger charge is -2.25. The van der Waals surface area contributed by atoms with Gasteiger partial charge in [-0.05, 0) is 36.8 Å². The SMILES string of the molecule is COc1ccc([C@H]2CC(=O)Nc3c2c(C)nn3-c2ccc3nncn3n2)cc1CO. The normalized spacial score (nSPS) is 15.8. The minimum Gasteiger partial charge on any atom is -0.496 e. The van der Waals surface area contributed by atoms with Gasteiger partial charge in [-0.25, -0.2) is 0 Å². The summed E-state index contributed by atoms with van der Waals surface area (Å²) < 4.78 is 8.49. The molecule has 0 fully saturated rings. The molecule has 0 aliphatic carbocycles. The molecule has 10 heteroatoms. The highest BCUT2D eigenvalue weighted by Crippen LogP contribution is 2.41. The van der Waals surface area contributed by atoms with Crippen molar-refractivity contribution in [3.05, 3.63) is 59.0 Å². The first-order valence-corrected chi connectivity index (χ1v) is 9.43. The van der Waals surface area contributed by atoms with E-state index in [-0.39, 0.29) is 24.9 Å². The van der Waals surface area contributed by atoms with E-state index in [1.807, 2.05) is 25.1 Å². The second kappa shape index (κ2) is 6.92. The quantitative estimate of drug-likeness (QED) is 0.529. The third kappa shape index (κ3) is 2.80. The molecule has 4 aromatic rings. The van der Waals surface area contributed by atoms with Crippen molar-refractivity contribution < 1.29 is 14.6 Å². The van der Waals surface area contributed by atoms with E-state index in [0.717, 1.165) is 16.8 Å². The summed E-state index contributed by atoms with van der Waals surface area (Å²) in [6.07, 6.45) is 1.80. The van der Waals surface area contributed by atoms with Gasteiger partial charge in [-0.15, -0.1) is 15.3 Å². The van der Waals surface area contributed by atoms with E-state index in [1.54, 1.807) is 28.4 Å². The molecule has 10 nitrogen and oxygen atoms in total. The second-order valence-corrected chi connectivity index (χ2v) is 7.12. The van der Waals surface area contributed by atoms with Crippen molar-refractivity contribution in [2.45, 2.75) is 25.9 Å². The number of carbonyl (C=O) groups is 1. The van der Waals surface area contributed by atoms with E-state index in [2.05, 4.69) is 25.7 Å². The molecule has 0 spiro atoms. The highest BCUT2D eigenvalue weighted by molar-refractivity contribution is 5.95. The standard InChI is InChI=1S/C20H19N7O3/c1-11-19-14(12-3-4-15(30-2)13(7-12)9-28)8-18(29)22-20(19)27(24-11)17-6-5-16-23-21-10-26(16)25-17/h3-7,10,14,28H,8-9H2,1-2H3,(H,22,29)/t14-/m1/s1. The van der Waals surface area contributed by atoms with Crippen LogP contribution in [0.4, 0.5) is 5.82 Å². The Bertz CT molecular complexity index is 1280. The number of rotatable bonds is 4. The molecule has 0 saturated carbocycles. The number of ether oxygens (including phenoxy) is 1. The van der Waals surface area contributed by atoms with E-state index >= 15 is 0 Å². The molecule has 1 aromatic carbocycles. The van der Waals surface area contributed by atoms with Crippen LogP contribution in [-0.4, -0.2) is 47.7 Å². The fraction of sp³-hybridized carbons (Fsp3) is 0.250. The molecule has 30 heavy (non-hydrogen) atoms. The summed E-state index contributed by atoms with van der Waals surface area (Å²) in [5.74, 6) is 1.44. The maximum Gasteiger partial charge on any atom is 0.226 e. The second-order valence-electron chi connectivity index (χ2n) is 7.12. The average Bonchev–Trinajstić information content (AvgIpc) is 3.36. The van der Waals surface area contributed by atoms with E-state index in [1.165, 1.54) is 6.33 Å². The number of fused-ring (bicyclic) bond motifs is 2. The van der Waals surface area contributed by atoms with Crippen molar-refractivity contribution in [1.82, 2.24) is 29.6 Å². The summed E-state index contributed by atoms with van der Waals surface area (Å²) >= 11 is 0. The molecular formula is C20H19N7O3. The van der Waals surface area contributed by atoms with Crippen molar-refractivity contribution in [2.24, 2.45) is 0 Å². The lowest BCUT2D eigenvalue weighted by Crippen LogP contribution is -2.25. The molecule has 0 bridgehead atoms. The monoisotopic (exact) mass is 405 g/mol. The van der Waals surface area contributed by atoms with Gasteiger partial charge in [0, 0.05) is 23.5 Å². The Morgan fingerprint density at radius 3 is 2.93 bits per heavy atom. The van der Waals surface area contributed by atoms with Crippen LogP contribution in [-0.2, 0) is 11.4 Å². The van der Waals surface area contributed by atoms with Gasteiger partial charge >= 0.3 is 0 Å².